The molecule has 0 spiro atoms. The predicted molar refractivity (Wildman–Crippen MR) is 80.0 cm³/mol. The summed E-state index contributed by atoms with van der Waals surface area (Å²) in [5.41, 5.74) is 3.41. The Morgan fingerprint density at radius 2 is 2.05 bits per heavy atom. The second-order valence-corrected chi connectivity index (χ2v) is 5.09. The summed E-state index contributed by atoms with van der Waals surface area (Å²) < 4.78 is 1.60. The Labute approximate surface area is 122 Å². The summed E-state index contributed by atoms with van der Waals surface area (Å²) in [7, 11) is 1.79. The van der Waals surface area contributed by atoms with Gasteiger partial charge < -0.3 is 4.90 Å². The van der Waals surface area contributed by atoms with E-state index in [1.165, 1.54) is 5.56 Å². The van der Waals surface area contributed by atoms with Gasteiger partial charge >= 0.3 is 0 Å². The first-order valence-corrected chi connectivity index (χ1v) is 6.74. The number of hydrogen-bond donors (Lipinski definition) is 0. The molecule has 5 nitrogen and oxygen atoms in total. The highest BCUT2D eigenvalue weighted by molar-refractivity contribution is 5.99. The van der Waals surface area contributed by atoms with Gasteiger partial charge in [-0.05, 0) is 18.6 Å². The molecule has 0 atom stereocenters. The SMILES string of the molecule is Cc1ccc(CN(C)C(=O)c2cnn3cccnc23)cc1. The molecule has 5 heteroatoms. The van der Waals surface area contributed by atoms with E-state index in [9.17, 15) is 4.79 Å². The van der Waals surface area contributed by atoms with Crippen LogP contribution in [0, 0.1) is 6.92 Å². The smallest absolute Gasteiger partial charge is 0.259 e. The van der Waals surface area contributed by atoms with Crippen molar-refractivity contribution >= 4 is 11.6 Å². The fourth-order valence-corrected chi connectivity index (χ4v) is 2.22. The third-order valence-corrected chi connectivity index (χ3v) is 3.40. The van der Waals surface area contributed by atoms with Crippen LogP contribution < -0.4 is 0 Å². The summed E-state index contributed by atoms with van der Waals surface area (Å²) in [6.45, 7) is 2.60. The van der Waals surface area contributed by atoms with Crippen LogP contribution in [0.15, 0.2) is 48.9 Å². The minimum Gasteiger partial charge on any atom is -0.337 e. The van der Waals surface area contributed by atoms with Crippen LogP contribution in [0.2, 0.25) is 0 Å². The lowest BCUT2D eigenvalue weighted by Crippen LogP contribution is -2.26. The quantitative estimate of drug-likeness (QED) is 0.739. The summed E-state index contributed by atoms with van der Waals surface area (Å²) in [5, 5.41) is 4.15. The standard InChI is InChI=1S/C16H16N4O/c1-12-4-6-13(7-5-12)11-19(2)16(21)14-10-18-20-9-3-8-17-15(14)20/h3-10H,11H2,1-2H3. The van der Waals surface area contributed by atoms with Crippen molar-refractivity contribution in [2.75, 3.05) is 7.05 Å². The lowest BCUT2D eigenvalue weighted by molar-refractivity contribution is 0.0787. The van der Waals surface area contributed by atoms with Gasteiger partial charge in [0.05, 0.1) is 6.20 Å². The van der Waals surface area contributed by atoms with Gasteiger partial charge in [-0.3, -0.25) is 4.79 Å². The molecule has 0 N–H and O–H groups in total. The lowest BCUT2D eigenvalue weighted by atomic mass is 10.1. The first kappa shape index (κ1) is 13.3. The maximum absolute atomic E-state index is 12.5. The zero-order chi connectivity index (χ0) is 14.8. The molecule has 0 bridgehead atoms. The fraction of sp³-hybridized carbons (Fsp3) is 0.188. The molecule has 0 radical (unpaired) electrons. The van der Waals surface area contributed by atoms with Gasteiger partial charge in [0.25, 0.3) is 5.91 Å². The third kappa shape index (κ3) is 2.63. The van der Waals surface area contributed by atoms with Crippen molar-refractivity contribution in [2.45, 2.75) is 13.5 Å². The van der Waals surface area contributed by atoms with Crippen molar-refractivity contribution in [3.8, 4) is 0 Å². The van der Waals surface area contributed by atoms with Crippen molar-refractivity contribution in [1.82, 2.24) is 19.5 Å². The van der Waals surface area contributed by atoms with Crippen LogP contribution in [-0.2, 0) is 6.54 Å². The summed E-state index contributed by atoms with van der Waals surface area (Å²) in [4.78, 5) is 18.4. The molecule has 0 aliphatic heterocycles. The second kappa shape index (κ2) is 5.36. The van der Waals surface area contributed by atoms with E-state index in [1.54, 1.807) is 41.1 Å². The number of amides is 1. The number of aromatic nitrogens is 3. The molecule has 1 amide bonds. The Morgan fingerprint density at radius 1 is 1.29 bits per heavy atom. The molecular weight excluding hydrogens is 264 g/mol. The van der Waals surface area contributed by atoms with E-state index in [-0.39, 0.29) is 5.91 Å². The highest BCUT2D eigenvalue weighted by Gasteiger charge is 2.17. The molecule has 2 heterocycles. The van der Waals surface area contributed by atoms with Gasteiger partial charge in [0, 0.05) is 26.0 Å². The molecule has 3 aromatic rings. The monoisotopic (exact) mass is 280 g/mol. The minimum absolute atomic E-state index is 0.0794. The van der Waals surface area contributed by atoms with Gasteiger partial charge in [0.15, 0.2) is 5.65 Å². The largest absolute Gasteiger partial charge is 0.337 e. The Kier molecular flexibility index (Phi) is 3.39. The van der Waals surface area contributed by atoms with Crippen LogP contribution in [0.5, 0.6) is 0 Å². The van der Waals surface area contributed by atoms with Crippen molar-refractivity contribution in [1.29, 1.82) is 0 Å². The number of fused-ring (bicyclic) bond motifs is 1. The Morgan fingerprint density at radius 3 is 2.81 bits per heavy atom. The molecule has 0 unspecified atom stereocenters. The minimum atomic E-state index is -0.0794. The highest BCUT2D eigenvalue weighted by Crippen LogP contribution is 2.12. The molecule has 0 fully saturated rings. The summed E-state index contributed by atoms with van der Waals surface area (Å²) in [6.07, 6.45) is 5.00. The molecule has 0 saturated heterocycles. The Balaban J connectivity index is 1.82. The highest BCUT2D eigenvalue weighted by atomic mass is 16.2. The van der Waals surface area contributed by atoms with E-state index in [1.807, 2.05) is 31.2 Å². The van der Waals surface area contributed by atoms with Crippen molar-refractivity contribution < 1.29 is 4.79 Å². The first-order valence-electron chi connectivity index (χ1n) is 6.74. The fourth-order valence-electron chi connectivity index (χ4n) is 2.22. The van der Waals surface area contributed by atoms with Crippen molar-refractivity contribution in [3.63, 3.8) is 0 Å². The van der Waals surface area contributed by atoms with Gasteiger partial charge in [0.2, 0.25) is 0 Å². The number of benzene rings is 1. The molecule has 3 rings (SSSR count). The second-order valence-electron chi connectivity index (χ2n) is 5.09. The molecule has 0 aliphatic rings. The molecule has 106 valence electrons. The Bertz CT molecular complexity index is 776. The number of nitrogens with zero attached hydrogens (tertiary/aromatic N) is 4. The van der Waals surface area contributed by atoms with Crippen LogP contribution in [0.4, 0.5) is 0 Å². The Hall–Kier alpha value is -2.69. The zero-order valence-electron chi connectivity index (χ0n) is 12.0. The van der Waals surface area contributed by atoms with E-state index in [0.717, 1.165) is 5.56 Å². The summed E-state index contributed by atoms with van der Waals surface area (Å²) >= 11 is 0. The average Bonchev–Trinajstić information content (AvgIpc) is 2.92. The number of carbonyl (C=O) groups excluding carboxylic acids is 1. The van der Waals surface area contributed by atoms with E-state index in [0.29, 0.717) is 17.8 Å². The van der Waals surface area contributed by atoms with Gasteiger partial charge in [-0.2, -0.15) is 5.10 Å². The predicted octanol–water partition coefficient (Wildman–Crippen LogP) is 2.31. The number of hydrogen-bond acceptors (Lipinski definition) is 3. The average molecular weight is 280 g/mol. The molecular formula is C16H16N4O. The lowest BCUT2D eigenvalue weighted by Gasteiger charge is -2.16. The number of rotatable bonds is 3. The number of aryl methyl sites for hydroxylation is 1. The van der Waals surface area contributed by atoms with Crippen LogP contribution in [-0.4, -0.2) is 32.5 Å². The van der Waals surface area contributed by atoms with Crippen molar-refractivity contribution in [3.05, 3.63) is 65.6 Å². The summed E-state index contributed by atoms with van der Waals surface area (Å²) in [6, 6.07) is 9.94. The van der Waals surface area contributed by atoms with Gasteiger partial charge in [-0.15, -0.1) is 0 Å². The molecule has 2 aromatic heterocycles. The van der Waals surface area contributed by atoms with Crippen LogP contribution in [0.25, 0.3) is 5.65 Å². The van der Waals surface area contributed by atoms with E-state index in [2.05, 4.69) is 10.1 Å². The zero-order valence-corrected chi connectivity index (χ0v) is 12.0. The van der Waals surface area contributed by atoms with Crippen molar-refractivity contribution in [2.24, 2.45) is 0 Å². The third-order valence-electron chi connectivity index (χ3n) is 3.40. The molecule has 21 heavy (non-hydrogen) atoms. The van der Waals surface area contributed by atoms with E-state index < -0.39 is 0 Å². The summed E-state index contributed by atoms with van der Waals surface area (Å²) in [5.74, 6) is -0.0794. The van der Waals surface area contributed by atoms with Gasteiger partial charge in [-0.25, -0.2) is 9.50 Å². The maximum atomic E-state index is 12.5. The van der Waals surface area contributed by atoms with Crippen LogP contribution in [0.3, 0.4) is 0 Å². The van der Waals surface area contributed by atoms with Crippen LogP contribution >= 0.6 is 0 Å². The van der Waals surface area contributed by atoms with E-state index in [4.69, 9.17) is 0 Å². The molecule has 0 saturated carbocycles. The topological polar surface area (TPSA) is 50.5 Å². The van der Waals surface area contributed by atoms with Gasteiger partial charge in [0.1, 0.15) is 5.56 Å². The molecule has 0 aliphatic carbocycles. The maximum Gasteiger partial charge on any atom is 0.259 e. The van der Waals surface area contributed by atoms with Gasteiger partial charge in [-0.1, -0.05) is 29.8 Å². The first-order chi connectivity index (χ1) is 10.1. The number of carbonyl (C=O) groups is 1. The van der Waals surface area contributed by atoms with E-state index >= 15 is 0 Å². The molecule has 1 aromatic carbocycles. The van der Waals surface area contributed by atoms with Crippen LogP contribution in [0.1, 0.15) is 21.5 Å². The normalized spacial score (nSPS) is 10.8.